The second-order valence-corrected chi connectivity index (χ2v) is 5.54. The molecular formula is C15H19N3O. The molecule has 0 atom stereocenters. The zero-order valence-electron chi connectivity index (χ0n) is 11.1. The number of carbonyl (C=O) groups excluding carboxylic acids is 1. The van der Waals surface area contributed by atoms with Crippen LogP contribution in [0, 0.1) is 5.92 Å². The monoisotopic (exact) mass is 257 g/mol. The molecule has 0 saturated heterocycles. The standard InChI is InChI=1S/C15H19N3O/c1-10-5-7-11(8-6-10)15-17-13-4-2-3-12(16-9-19)14(13)18-15/h2-4,9-11H,5-8H2,1H3,(H,16,19)(H,17,18). The SMILES string of the molecule is CC1CCC(c2nc3c(NC=O)cccc3[nH]2)CC1. The summed E-state index contributed by atoms with van der Waals surface area (Å²) in [7, 11) is 0. The Hall–Kier alpha value is -1.84. The summed E-state index contributed by atoms with van der Waals surface area (Å²) < 4.78 is 0. The van der Waals surface area contributed by atoms with E-state index in [1.807, 2.05) is 18.2 Å². The van der Waals surface area contributed by atoms with E-state index in [0.717, 1.165) is 28.5 Å². The zero-order chi connectivity index (χ0) is 13.2. The topological polar surface area (TPSA) is 57.8 Å². The fourth-order valence-electron chi connectivity index (χ4n) is 2.96. The van der Waals surface area contributed by atoms with Gasteiger partial charge < -0.3 is 10.3 Å². The van der Waals surface area contributed by atoms with Crippen molar-refractivity contribution in [2.45, 2.75) is 38.5 Å². The largest absolute Gasteiger partial charge is 0.342 e. The lowest BCUT2D eigenvalue weighted by Crippen LogP contribution is -2.11. The molecule has 4 nitrogen and oxygen atoms in total. The van der Waals surface area contributed by atoms with Crippen LogP contribution < -0.4 is 5.32 Å². The summed E-state index contributed by atoms with van der Waals surface area (Å²) in [5, 5.41) is 2.71. The van der Waals surface area contributed by atoms with Crippen LogP contribution in [0.2, 0.25) is 0 Å². The summed E-state index contributed by atoms with van der Waals surface area (Å²) in [5.74, 6) is 2.45. The van der Waals surface area contributed by atoms with Gasteiger partial charge in [-0.05, 0) is 30.9 Å². The van der Waals surface area contributed by atoms with E-state index in [1.165, 1.54) is 25.7 Å². The summed E-state index contributed by atoms with van der Waals surface area (Å²) in [6.45, 7) is 2.32. The Bertz CT molecular complexity index is 582. The van der Waals surface area contributed by atoms with Gasteiger partial charge in [0.25, 0.3) is 0 Å². The van der Waals surface area contributed by atoms with Crippen LogP contribution in [-0.4, -0.2) is 16.4 Å². The summed E-state index contributed by atoms with van der Waals surface area (Å²) >= 11 is 0. The molecule has 2 N–H and O–H groups in total. The van der Waals surface area contributed by atoms with E-state index in [0.29, 0.717) is 12.3 Å². The fraction of sp³-hybridized carbons (Fsp3) is 0.467. The molecule has 1 aliphatic carbocycles. The molecule has 1 fully saturated rings. The Morgan fingerprint density at radius 2 is 2.11 bits per heavy atom. The number of fused-ring (bicyclic) bond motifs is 1. The van der Waals surface area contributed by atoms with Gasteiger partial charge in [0.05, 0.1) is 11.2 Å². The van der Waals surface area contributed by atoms with Gasteiger partial charge in [-0.1, -0.05) is 25.8 Å². The average Bonchev–Trinajstić information content (AvgIpc) is 2.85. The molecule has 19 heavy (non-hydrogen) atoms. The second-order valence-electron chi connectivity index (χ2n) is 5.54. The van der Waals surface area contributed by atoms with E-state index in [-0.39, 0.29) is 0 Å². The minimum absolute atomic E-state index is 0.535. The van der Waals surface area contributed by atoms with Crippen molar-refractivity contribution in [1.29, 1.82) is 0 Å². The number of carbonyl (C=O) groups is 1. The Kier molecular flexibility index (Phi) is 3.23. The van der Waals surface area contributed by atoms with E-state index < -0.39 is 0 Å². The van der Waals surface area contributed by atoms with Crippen LogP contribution in [0.1, 0.15) is 44.3 Å². The maximum atomic E-state index is 10.6. The van der Waals surface area contributed by atoms with Crippen molar-refractivity contribution >= 4 is 23.1 Å². The lowest BCUT2D eigenvalue weighted by molar-refractivity contribution is -0.105. The van der Waals surface area contributed by atoms with Gasteiger partial charge in [0, 0.05) is 5.92 Å². The molecule has 0 unspecified atom stereocenters. The predicted molar refractivity (Wildman–Crippen MR) is 76.2 cm³/mol. The Labute approximate surface area is 112 Å². The van der Waals surface area contributed by atoms with Crippen molar-refractivity contribution in [3.63, 3.8) is 0 Å². The number of benzene rings is 1. The number of rotatable bonds is 3. The number of amides is 1. The number of nitrogens with zero attached hydrogens (tertiary/aromatic N) is 1. The van der Waals surface area contributed by atoms with Crippen molar-refractivity contribution in [3.8, 4) is 0 Å². The van der Waals surface area contributed by atoms with Crippen LogP contribution in [0.5, 0.6) is 0 Å². The van der Waals surface area contributed by atoms with E-state index in [9.17, 15) is 4.79 Å². The molecule has 1 saturated carbocycles. The van der Waals surface area contributed by atoms with Crippen molar-refractivity contribution < 1.29 is 4.79 Å². The molecular weight excluding hydrogens is 238 g/mol. The molecule has 1 aliphatic rings. The molecule has 4 heteroatoms. The smallest absolute Gasteiger partial charge is 0.211 e. The maximum absolute atomic E-state index is 10.6. The molecule has 3 rings (SSSR count). The van der Waals surface area contributed by atoms with Crippen LogP contribution in [0.4, 0.5) is 5.69 Å². The van der Waals surface area contributed by atoms with E-state index in [1.54, 1.807) is 0 Å². The zero-order valence-corrected chi connectivity index (χ0v) is 11.1. The number of para-hydroxylation sites is 1. The molecule has 1 aromatic carbocycles. The molecule has 0 bridgehead atoms. The predicted octanol–water partition coefficient (Wildman–Crippen LogP) is 3.42. The van der Waals surface area contributed by atoms with Crippen molar-refractivity contribution in [2.24, 2.45) is 5.92 Å². The number of aromatic nitrogens is 2. The first-order chi connectivity index (χ1) is 9.28. The Balaban J connectivity index is 1.93. The number of imidazole rings is 1. The highest BCUT2D eigenvalue weighted by Gasteiger charge is 2.22. The van der Waals surface area contributed by atoms with E-state index in [4.69, 9.17) is 4.98 Å². The molecule has 1 amide bonds. The van der Waals surface area contributed by atoms with Crippen LogP contribution in [0.25, 0.3) is 11.0 Å². The lowest BCUT2D eigenvalue weighted by atomic mass is 9.83. The highest BCUT2D eigenvalue weighted by atomic mass is 16.1. The molecule has 0 aliphatic heterocycles. The van der Waals surface area contributed by atoms with Gasteiger partial charge in [-0.3, -0.25) is 4.79 Å². The number of hydrogen-bond donors (Lipinski definition) is 2. The summed E-state index contributed by atoms with van der Waals surface area (Å²) in [5.41, 5.74) is 2.64. The number of H-pyrrole nitrogens is 1. The molecule has 2 aromatic rings. The van der Waals surface area contributed by atoms with Gasteiger partial charge in [0.2, 0.25) is 6.41 Å². The van der Waals surface area contributed by atoms with Crippen molar-refractivity contribution in [1.82, 2.24) is 9.97 Å². The number of nitrogens with one attached hydrogen (secondary N) is 2. The van der Waals surface area contributed by atoms with Gasteiger partial charge in [0.1, 0.15) is 11.3 Å². The fourth-order valence-corrected chi connectivity index (χ4v) is 2.96. The average molecular weight is 257 g/mol. The van der Waals surface area contributed by atoms with E-state index in [2.05, 4.69) is 17.2 Å². The second kappa shape index (κ2) is 5.03. The van der Waals surface area contributed by atoms with Crippen molar-refractivity contribution in [3.05, 3.63) is 24.0 Å². The quantitative estimate of drug-likeness (QED) is 0.828. The summed E-state index contributed by atoms with van der Waals surface area (Å²) in [6, 6.07) is 5.82. The third-order valence-electron chi connectivity index (χ3n) is 4.15. The normalized spacial score (nSPS) is 23.4. The molecule has 100 valence electrons. The van der Waals surface area contributed by atoms with Gasteiger partial charge in [-0.15, -0.1) is 0 Å². The van der Waals surface area contributed by atoms with Crippen molar-refractivity contribution in [2.75, 3.05) is 5.32 Å². The first-order valence-corrected chi connectivity index (χ1v) is 6.96. The molecule has 1 heterocycles. The lowest BCUT2D eigenvalue weighted by Gasteiger charge is -2.24. The van der Waals surface area contributed by atoms with Crippen LogP contribution >= 0.6 is 0 Å². The van der Waals surface area contributed by atoms with Gasteiger partial charge in [-0.2, -0.15) is 0 Å². The summed E-state index contributed by atoms with van der Waals surface area (Å²) in [6.07, 6.45) is 5.67. The third kappa shape index (κ3) is 2.35. The van der Waals surface area contributed by atoms with Crippen LogP contribution in [0.3, 0.4) is 0 Å². The Morgan fingerprint density at radius 1 is 1.32 bits per heavy atom. The van der Waals surface area contributed by atoms with E-state index >= 15 is 0 Å². The third-order valence-corrected chi connectivity index (χ3v) is 4.15. The number of anilines is 1. The number of aromatic amines is 1. The highest BCUT2D eigenvalue weighted by Crippen LogP contribution is 2.35. The number of hydrogen-bond acceptors (Lipinski definition) is 2. The Morgan fingerprint density at radius 3 is 2.84 bits per heavy atom. The molecule has 0 radical (unpaired) electrons. The first kappa shape index (κ1) is 12.2. The minimum atomic E-state index is 0.535. The van der Waals surface area contributed by atoms with Gasteiger partial charge >= 0.3 is 0 Å². The minimum Gasteiger partial charge on any atom is -0.342 e. The summed E-state index contributed by atoms with van der Waals surface area (Å²) in [4.78, 5) is 18.7. The highest BCUT2D eigenvalue weighted by molar-refractivity contribution is 5.92. The van der Waals surface area contributed by atoms with Crippen LogP contribution in [0.15, 0.2) is 18.2 Å². The van der Waals surface area contributed by atoms with Gasteiger partial charge in [0.15, 0.2) is 0 Å². The van der Waals surface area contributed by atoms with Crippen LogP contribution in [-0.2, 0) is 4.79 Å². The molecule has 0 spiro atoms. The molecule has 1 aromatic heterocycles. The van der Waals surface area contributed by atoms with Gasteiger partial charge in [-0.25, -0.2) is 4.98 Å². The first-order valence-electron chi connectivity index (χ1n) is 6.96. The maximum Gasteiger partial charge on any atom is 0.211 e.